The van der Waals surface area contributed by atoms with E-state index in [1.165, 1.54) is 6.07 Å². The molecule has 1 aromatic carbocycles. The maximum Gasteiger partial charge on any atom is 0.417 e. The number of nitrogens with zero attached hydrogens (tertiary/aromatic N) is 1. The molecule has 0 unspecified atom stereocenters. The minimum absolute atomic E-state index is 0.164. The third kappa shape index (κ3) is 2.55. The fourth-order valence-corrected chi connectivity index (χ4v) is 3.48. The Hall–Kier alpha value is -2.08. The van der Waals surface area contributed by atoms with E-state index in [-0.39, 0.29) is 5.39 Å². The maximum absolute atomic E-state index is 13.3. The van der Waals surface area contributed by atoms with Crippen LogP contribution in [0.4, 0.5) is 13.2 Å². The van der Waals surface area contributed by atoms with Crippen molar-refractivity contribution in [2.45, 2.75) is 31.9 Å². The van der Waals surface area contributed by atoms with Gasteiger partial charge in [0.1, 0.15) is 0 Å². The van der Waals surface area contributed by atoms with Crippen LogP contribution in [0.5, 0.6) is 0 Å². The molecule has 0 aliphatic carbocycles. The van der Waals surface area contributed by atoms with Gasteiger partial charge >= 0.3 is 6.18 Å². The number of H-pyrrole nitrogens is 1. The standard InChI is InChI=1S/C18H17F3N2O/c1-10-8-14(18(19,20)21)13-3-2-12-9-15(11-4-6-24-7-5-11)23-16(12)17(13)22-10/h2-3,8-9,11,22H,4-7H2,1H3. The molecule has 1 N–H and O–H groups in total. The van der Waals surface area contributed by atoms with Crippen molar-refractivity contribution in [2.75, 3.05) is 13.2 Å². The van der Waals surface area contributed by atoms with E-state index in [2.05, 4.69) is 9.97 Å². The Kier molecular flexibility index (Phi) is 3.53. The minimum atomic E-state index is -4.39. The Morgan fingerprint density at radius 3 is 2.62 bits per heavy atom. The van der Waals surface area contributed by atoms with E-state index in [0.717, 1.165) is 30.0 Å². The van der Waals surface area contributed by atoms with Crippen LogP contribution in [-0.4, -0.2) is 23.2 Å². The van der Waals surface area contributed by atoms with E-state index in [1.807, 2.05) is 6.07 Å². The lowest BCUT2D eigenvalue weighted by Crippen LogP contribution is -2.14. The molecule has 24 heavy (non-hydrogen) atoms. The monoisotopic (exact) mass is 334 g/mol. The SMILES string of the molecule is Cc1cc(C(F)(F)F)c2ccc3cc(C4CCOCC4)nc3c2[nH]1. The molecule has 2 aromatic heterocycles. The lowest BCUT2D eigenvalue weighted by molar-refractivity contribution is -0.136. The summed E-state index contributed by atoms with van der Waals surface area (Å²) >= 11 is 0. The average molecular weight is 334 g/mol. The average Bonchev–Trinajstić information content (AvgIpc) is 2.99. The van der Waals surface area contributed by atoms with Gasteiger partial charge in [-0.05, 0) is 31.9 Å². The van der Waals surface area contributed by atoms with Crippen LogP contribution in [-0.2, 0) is 10.9 Å². The van der Waals surface area contributed by atoms with Crippen LogP contribution in [0, 0.1) is 6.92 Å². The van der Waals surface area contributed by atoms with Crippen LogP contribution in [0.3, 0.4) is 0 Å². The number of halogens is 3. The van der Waals surface area contributed by atoms with Crippen molar-refractivity contribution in [3.05, 3.63) is 41.2 Å². The summed E-state index contributed by atoms with van der Waals surface area (Å²) in [6.45, 7) is 3.05. The van der Waals surface area contributed by atoms with E-state index in [4.69, 9.17) is 4.74 Å². The predicted molar refractivity (Wildman–Crippen MR) is 86.1 cm³/mol. The molecule has 1 fully saturated rings. The number of fused-ring (bicyclic) bond motifs is 3. The summed E-state index contributed by atoms with van der Waals surface area (Å²) in [4.78, 5) is 7.75. The number of benzene rings is 1. The van der Waals surface area contributed by atoms with Gasteiger partial charge in [0, 0.05) is 41.3 Å². The van der Waals surface area contributed by atoms with Gasteiger partial charge in [0.2, 0.25) is 0 Å². The molecule has 1 aliphatic heterocycles. The van der Waals surface area contributed by atoms with E-state index in [1.54, 1.807) is 13.0 Å². The number of aromatic nitrogens is 2. The van der Waals surface area contributed by atoms with Gasteiger partial charge in [0.05, 0.1) is 16.6 Å². The zero-order valence-corrected chi connectivity index (χ0v) is 13.2. The summed E-state index contributed by atoms with van der Waals surface area (Å²) in [7, 11) is 0. The highest BCUT2D eigenvalue weighted by molar-refractivity contribution is 6.04. The van der Waals surface area contributed by atoms with Gasteiger partial charge in [-0.25, -0.2) is 0 Å². The number of hydrogen-bond acceptors (Lipinski definition) is 2. The van der Waals surface area contributed by atoms with Gasteiger partial charge in [-0.15, -0.1) is 0 Å². The molecule has 1 saturated heterocycles. The molecule has 1 aliphatic rings. The lowest BCUT2D eigenvalue weighted by atomic mass is 9.97. The summed E-state index contributed by atoms with van der Waals surface area (Å²) in [5.41, 5.74) is 1.87. The highest BCUT2D eigenvalue weighted by atomic mass is 19.4. The Balaban J connectivity index is 1.93. The van der Waals surface area contributed by atoms with E-state index < -0.39 is 11.7 Å². The Morgan fingerprint density at radius 1 is 1.17 bits per heavy atom. The van der Waals surface area contributed by atoms with Crippen molar-refractivity contribution in [1.82, 2.24) is 9.97 Å². The number of rotatable bonds is 1. The van der Waals surface area contributed by atoms with Crippen LogP contribution in [0.15, 0.2) is 24.3 Å². The zero-order chi connectivity index (χ0) is 16.9. The molecule has 0 bridgehead atoms. The van der Waals surface area contributed by atoms with Gasteiger partial charge in [-0.3, -0.25) is 4.98 Å². The minimum Gasteiger partial charge on any atom is -0.381 e. The van der Waals surface area contributed by atoms with Gasteiger partial charge in [-0.1, -0.05) is 12.1 Å². The second-order valence-corrected chi connectivity index (χ2v) is 6.36. The van der Waals surface area contributed by atoms with Crippen molar-refractivity contribution in [1.29, 1.82) is 0 Å². The lowest BCUT2D eigenvalue weighted by Gasteiger charge is -2.20. The van der Waals surface area contributed by atoms with Gasteiger partial charge < -0.3 is 9.72 Å². The van der Waals surface area contributed by atoms with Gasteiger partial charge in [0.15, 0.2) is 0 Å². The third-order valence-electron chi connectivity index (χ3n) is 4.67. The van der Waals surface area contributed by atoms with Crippen molar-refractivity contribution >= 4 is 21.8 Å². The summed E-state index contributed by atoms with van der Waals surface area (Å²) in [5.74, 6) is 0.313. The van der Waals surface area contributed by atoms with E-state index in [9.17, 15) is 13.2 Å². The molecule has 0 saturated carbocycles. The predicted octanol–water partition coefficient (Wildman–Crippen LogP) is 4.94. The number of hydrogen-bond donors (Lipinski definition) is 1. The van der Waals surface area contributed by atoms with Gasteiger partial charge in [0.25, 0.3) is 0 Å². The van der Waals surface area contributed by atoms with Crippen LogP contribution < -0.4 is 0 Å². The molecule has 0 amide bonds. The highest BCUT2D eigenvalue weighted by Gasteiger charge is 2.33. The fourth-order valence-electron chi connectivity index (χ4n) is 3.48. The van der Waals surface area contributed by atoms with Crippen molar-refractivity contribution in [2.24, 2.45) is 0 Å². The number of nitrogens with one attached hydrogen (secondary N) is 1. The number of aromatic amines is 1. The van der Waals surface area contributed by atoms with Crippen LogP contribution in [0.1, 0.15) is 35.7 Å². The summed E-state index contributed by atoms with van der Waals surface area (Å²) in [5, 5.41) is 1.04. The molecule has 0 spiro atoms. The highest BCUT2D eigenvalue weighted by Crippen LogP contribution is 2.38. The molecular weight excluding hydrogens is 317 g/mol. The van der Waals surface area contributed by atoms with E-state index in [0.29, 0.717) is 35.9 Å². The number of alkyl halides is 3. The Labute approximate surface area is 136 Å². The zero-order valence-electron chi connectivity index (χ0n) is 13.2. The third-order valence-corrected chi connectivity index (χ3v) is 4.67. The quantitative estimate of drug-likeness (QED) is 0.685. The molecule has 0 atom stereocenters. The van der Waals surface area contributed by atoms with Gasteiger partial charge in [-0.2, -0.15) is 13.2 Å². The summed E-state index contributed by atoms with van der Waals surface area (Å²) in [6, 6.07) is 6.41. The second-order valence-electron chi connectivity index (χ2n) is 6.36. The molecule has 0 radical (unpaired) electrons. The molecular formula is C18H17F3N2O. The first-order valence-electron chi connectivity index (χ1n) is 8.01. The molecule has 3 heterocycles. The number of aryl methyl sites for hydroxylation is 1. The topological polar surface area (TPSA) is 37.9 Å². The molecule has 6 heteroatoms. The summed E-state index contributed by atoms with van der Waals surface area (Å²) in [6.07, 6.45) is -2.59. The number of pyridine rings is 1. The van der Waals surface area contributed by atoms with Crippen LogP contribution in [0.25, 0.3) is 21.8 Å². The molecule has 4 rings (SSSR count). The fraction of sp³-hybridized carbons (Fsp3) is 0.389. The Bertz CT molecular complexity index is 908. The summed E-state index contributed by atoms with van der Waals surface area (Å²) < 4.78 is 45.4. The first-order chi connectivity index (χ1) is 11.4. The first kappa shape index (κ1) is 15.4. The smallest absolute Gasteiger partial charge is 0.381 e. The Morgan fingerprint density at radius 2 is 1.92 bits per heavy atom. The molecule has 126 valence electrons. The van der Waals surface area contributed by atoms with Crippen molar-refractivity contribution in [3.63, 3.8) is 0 Å². The van der Waals surface area contributed by atoms with Crippen LogP contribution >= 0.6 is 0 Å². The largest absolute Gasteiger partial charge is 0.417 e. The second kappa shape index (κ2) is 5.48. The van der Waals surface area contributed by atoms with E-state index >= 15 is 0 Å². The molecule has 3 nitrogen and oxygen atoms in total. The first-order valence-corrected chi connectivity index (χ1v) is 8.01. The van der Waals surface area contributed by atoms with Crippen molar-refractivity contribution < 1.29 is 17.9 Å². The maximum atomic E-state index is 13.3. The van der Waals surface area contributed by atoms with Crippen LogP contribution in [0.2, 0.25) is 0 Å². The number of ether oxygens (including phenoxy) is 1. The van der Waals surface area contributed by atoms with Crippen molar-refractivity contribution in [3.8, 4) is 0 Å². The normalized spacial score (nSPS) is 17.0. The molecule has 3 aromatic rings.